The molecule has 0 spiro atoms. The molecule has 4 aromatic rings. The van der Waals surface area contributed by atoms with Crippen molar-refractivity contribution in [3.8, 4) is 11.6 Å². The molecule has 2 aromatic carbocycles. The first-order chi connectivity index (χ1) is 13.8. The smallest absolute Gasteiger partial charge is 0.438 e. The van der Waals surface area contributed by atoms with Gasteiger partial charge in [-0.3, -0.25) is 4.79 Å². The molecule has 0 amide bonds. The van der Waals surface area contributed by atoms with Gasteiger partial charge in [0.2, 0.25) is 5.88 Å². The number of benzene rings is 2. The molecule has 2 heterocycles. The number of alkyl halides is 3. The van der Waals surface area contributed by atoms with Crippen LogP contribution in [0.15, 0.2) is 60.7 Å². The molecule has 2 aromatic heterocycles. The van der Waals surface area contributed by atoms with Crippen molar-refractivity contribution in [2.45, 2.75) is 6.18 Å². The van der Waals surface area contributed by atoms with Gasteiger partial charge in [-0.2, -0.15) is 17.7 Å². The summed E-state index contributed by atoms with van der Waals surface area (Å²) in [6, 6.07) is 13.7. The van der Waals surface area contributed by atoms with Crippen molar-refractivity contribution in [2.75, 3.05) is 0 Å². The molecular weight excluding hydrogens is 392 g/mol. The van der Waals surface area contributed by atoms with Crippen LogP contribution in [-0.2, 0) is 6.18 Å². The fraction of sp³-hybridized carbons (Fsp3) is 0.0526. The molecule has 29 heavy (non-hydrogen) atoms. The second-order valence-corrected chi connectivity index (χ2v) is 5.93. The van der Waals surface area contributed by atoms with Gasteiger partial charge in [-0.05, 0) is 54.6 Å². The van der Waals surface area contributed by atoms with Crippen LogP contribution in [0.25, 0.3) is 5.65 Å². The number of ketones is 1. The van der Waals surface area contributed by atoms with Crippen LogP contribution in [0.4, 0.5) is 17.6 Å². The molecule has 6 nitrogen and oxygen atoms in total. The highest BCUT2D eigenvalue weighted by Crippen LogP contribution is 2.28. The molecule has 0 aliphatic carbocycles. The van der Waals surface area contributed by atoms with Crippen LogP contribution in [0.1, 0.15) is 21.7 Å². The number of fused-ring (bicyclic) bond motifs is 1. The minimum atomic E-state index is -4.71. The minimum Gasteiger partial charge on any atom is -0.438 e. The van der Waals surface area contributed by atoms with Gasteiger partial charge in [-0.1, -0.05) is 0 Å². The zero-order valence-corrected chi connectivity index (χ0v) is 14.4. The number of carbonyl (C=O) groups is 1. The van der Waals surface area contributed by atoms with Gasteiger partial charge in [0, 0.05) is 17.2 Å². The van der Waals surface area contributed by atoms with Crippen molar-refractivity contribution in [1.29, 1.82) is 0 Å². The van der Waals surface area contributed by atoms with Gasteiger partial charge in [0.1, 0.15) is 11.6 Å². The number of hydrogen-bond acceptors (Lipinski definition) is 5. The lowest BCUT2D eigenvalue weighted by Crippen LogP contribution is -2.12. The number of nitrogens with zero attached hydrogens (tertiary/aromatic N) is 4. The Hall–Kier alpha value is -3.82. The number of carbonyl (C=O) groups excluding carboxylic acids is 1. The van der Waals surface area contributed by atoms with Gasteiger partial charge in [-0.15, -0.1) is 15.3 Å². The van der Waals surface area contributed by atoms with Gasteiger partial charge in [0.25, 0.3) is 5.82 Å². The predicted molar refractivity (Wildman–Crippen MR) is 92.1 cm³/mol. The van der Waals surface area contributed by atoms with E-state index in [9.17, 15) is 22.4 Å². The molecule has 0 N–H and O–H groups in total. The molecule has 4 rings (SSSR count). The largest absolute Gasteiger partial charge is 0.453 e. The summed E-state index contributed by atoms with van der Waals surface area (Å²) < 4.78 is 57.8. The van der Waals surface area contributed by atoms with Gasteiger partial charge in [0.05, 0.1) is 0 Å². The average molecular weight is 402 g/mol. The van der Waals surface area contributed by atoms with Crippen LogP contribution >= 0.6 is 0 Å². The van der Waals surface area contributed by atoms with Gasteiger partial charge in [-0.25, -0.2) is 4.39 Å². The highest BCUT2D eigenvalue weighted by molar-refractivity contribution is 6.09. The molecule has 0 aliphatic rings. The Kier molecular flexibility index (Phi) is 4.45. The Morgan fingerprint density at radius 3 is 2.10 bits per heavy atom. The van der Waals surface area contributed by atoms with Crippen molar-refractivity contribution < 1.29 is 27.1 Å². The maximum Gasteiger partial charge on any atom is 0.453 e. The van der Waals surface area contributed by atoms with Crippen molar-refractivity contribution in [3.63, 3.8) is 0 Å². The van der Waals surface area contributed by atoms with Crippen LogP contribution in [0.3, 0.4) is 0 Å². The SMILES string of the molecule is O=C(c1ccc(F)cc1)c1ccc(Oc2ccc3nnc(C(F)(F)F)n3n2)cc1. The summed E-state index contributed by atoms with van der Waals surface area (Å²) in [4.78, 5) is 12.4. The van der Waals surface area contributed by atoms with Gasteiger partial charge in [0.15, 0.2) is 11.4 Å². The van der Waals surface area contributed by atoms with E-state index in [1.165, 1.54) is 60.7 Å². The van der Waals surface area contributed by atoms with E-state index in [2.05, 4.69) is 15.3 Å². The number of rotatable bonds is 4. The summed E-state index contributed by atoms with van der Waals surface area (Å²) in [5, 5.41) is 10.3. The number of halogens is 4. The summed E-state index contributed by atoms with van der Waals surface area (Å²) >= 11 is 0. The lowest BCUT2D eigenvalue weighted by molar-refractivity contribution is -0.146. The van der Waals surface area contributed by atoms with Gasteiger partial charge >= 0.3 is 6.18 Å². The first-order valence-electron chi connectivity index (χ1n) is 8.19. The Balaban J connectivity index is 1.56. The molecule has 0 fully saturated rings. The third kappa shape index (κ3) is 3.77. The van der Waals surface area contributed by atoms with Crippen LogP contribution < -0.4 is 4.74 Å². The second kappa shape index (κ2) is 6.97. The van der Waals surface area contributed by atoms with Gasteiger partial charge < -0.3 is 4.74 Å². The standard InChI is InChI=1S/C19H10F4N4O2/c20-13-5-1-11(2-6-13)17(28)12-3-7-14(8-4-12)29-16-10-9-15-24-25-18(19(21,22)23)27(15)26-16/h1-10H. The highest BCUT2D eigenvalue weighted by Gasteiger charge is 2.37. The Labute approximate surface area is 160 Å². The molecule has 0 aliphatic heterocycles. The Morgan fingerprint density at radius 2 is 1.48 bits per heavy atom. The molecule has 0 atom stereocenters. The fourth-order valence-electron chi connectivity index (χ4n) is 2.57. The molecule has 0 unspecified atom stereocenters. The highest BCUT2D eigenvalue weighted by atomic mass is 19.4. The molecule has 0 radical (unpaired) electrons. The van der Waals surface area contributed by atoms with E-state index in [0.29, 0.717) is 15.6 Å². The topological polar surface area (TPSA) is 69.4 Å². The minimum absolute atomic E-state index is 0.0788. The summed E-state index contributed by atoms with van der Waals surface area (Å²) in [5.41, 5.74) is 0.579. The third-order valence-corrected chi connectivity index (χ3v) is 3.94. The summed E-state index contributed by atoms with van der Waals surface area (Å²) in [5.74, 6) is -1.88. The average Bonchev–Trinajstić information content (AvgIpc) is 3.12. The maximum absolute atomic E-state index is 13.0. The van der Waals surface area contributed by atoms with Crippen molar-refractivity contribution in [1.82, 2.24) is 19.8 Å². The summed E-state index contributed by atoms with van der Waals surface area (Å²) in [7, 11) is 0. The quantitative estimate of drug-likeness (QED) is 0.376. The Morgan fingerprint density at radius 1 is 0.862 bits per heavy atom. The van der Waals surface area contributed by atoms with E-state index < -0.39 is 17.8 Å². The second-order valence-electron chi connectivity index (χ2n) is 5.93. The predicted octanol–water partition coefficient (Wildman–Crippen LogP) is 4.31. The van der Waals surface area contributed by atoms with Crippen molar-refractivity contribution >= 4 is 11.4 Å². The number of ether oxygens (including phenoxy) is 1. The van der Waals surface area contributed by atoms with E-state index >= 15 is 0 Å². The van der Waals surface area contributed by atoms with E-state index in [0.717, 1.165) is 0 Å². The third-order valence-electron chi connectivity index (χ3n) is 3.94. The lowest BCUT2D eigenvalue weighted by Gasteiger charge is -2.07. The normalized spacial score (nSPS) is 11.6. The zero-order chi connectivity index (χ0) is 20.6. The maximum atomic E-state index is 13.0. The molecule has 10 heteroatoms. The summed E-state index contributed by atoms with van der Waals surface area (Å²) in [6.07, 6.45) is -4.71. The van der Waals surface area contributed by atoms with E-state index in [1.807, 2.05) is 0 Å². The first kappa shape index (κ1) is 18.5. The zero-order valence-electron chi connectivity index (χ0n) is 14.4. The molecule has 0 bridgehead atoms. The fourth-order valence-corrected chi connectivity index (χ4v) is 2.57. The number of hydrogen-bond donors (Lipinski definition) is 0. The first-order valence-corrected chi connectivity index (χ1v) is 8.19. The molecule has 0 saturated carbocycles. The van der Waals surface area contributed by atoms with Crippen molar-refractivity contribution in [3.05, 3.63) is 83.4 Å². The molecule has 0 saturated heterocycles. The molecule has 146 valence electrons. The van der Waals surface area contributed by atoms with E-state index in [-0.39, 0.29) is 23.1 Å². The van der Waals surface area contributed by atoms with Crippen LogP contribution in [0.2, 0.25) is 0 Å². The van der Waals surface area contributed by atoms with Crippen LogP contribution in [0.5, 0.6) is 11.6 Å². The lowest BCUT2D eigenvalue weighted by atomic mass is 10.0. The molecular formula is C19H10F4N4O2. The van der Waals surface area contributed by atoms with Crippen LogP contribution in [-0.4, -0.2) is 25.6 Å². The van der Waals surface area contributed by atoms with Crippen LogP contribution in [0, 0.1) is 5.82 Å². The summed E-state index contributed by atoms with van der Waals surface area (Å²) in [6.45, 7) is 0. The van der Waals surface area contributed by atoms with Crippen molar-refractivity contribution in [2.24, 2.45) is 0 Å². The van der Waals surface area contributed by atoms with E-state index in [1.54, 1.807) is 0 Å². The number of aromatic nitrogens is 4. The monoisotopic (exact) mass is 402 g/mol. The Bertz CT molecular complexity index is 1190. The van der Waals surface area contributed by atoms with E-state index in [4.69, 9.17) is 4.74 Å².